The van der Waals surface area contributed by atoms with Gasteiger partial charge in [0.15, 0.2) is 11.9 Å². The molecule has 1 aromatic carbocycles. The van der Waals surface area contributed by atoms with Crippen LogP contribution in [0.25, 0.3) is 0 Å². The fourth-order valence-corrected chi connectivity index (χ4v) is 5.40. The zero-order chi connectivity index (χ0) is 18.6. The van der Waals surface area contributed by atoms with E-state index in [1.165, 1.54) is 0 Å². The van der Waals surface area contributed by atoms with Crippen LogP contribution in [0.1, 0.15) is 38.2 Å². The Morgan fingerprint density at radius 3 is 2.70 bits per heavy atom. The van der Waals surface area contributed by atoms with Gasteiger partial charge in [-0.25, -0.2) is 0 Å². The van der Waals surface area contributed by atoms with Crippen LogP contribution >= 0.6 is 0 Å². The molecule has 3 aliphatic heterocycles. The summed E-state index contributed by atoms with van der Waals surface area (Å²) >= 11 is 0. The summed E-state index contributed by atoms with van der Waals surface area (Å²) < 4.78 is 0. The molecule has 0 aromatic heterocycles. The van der Waals surface area contributed by atoms with Gasteiger partial charge in [-0.2, -0.15) is 10.2 Å². The summed E-state index contributed by atoms with van der Waals surface area (Å²) in [6.45, 7) is 2.75. The molecule has 2 N–H and O–H groups in total. The zero-order valence-electron chi connectivity index (χ0n) is 15.3. The quantitative estimate of drug-likeness (QED) is 0.849. The van der Waals surface area contributed by atoms with Crippen molar-refractivity contribution in [3.63, 3.8) is 0 Å². The summed E-state index contributed by atoms with van der Waals surface area (Å²) in [6.07, 6.45) is 3.83. The fraction of sp³-hybridized carbons (Fsp3) is 0.429. The number of allylic oxidation sites excluding steroid dienone is 2. The number of carbonyl (C=O) groups excluding carboxylic acids is 2. The number of carbonyl (C=O) groups is 2. The number of azo groups is 1. The molecule has 27 heavy (non-hydrogen) atoms. The maximum absolute atomic E-state index is 13.5. The number of fused-ring (bicyclic) bond motifs is 1. The lowest BCUT2D eigenvalue weighted by atomic mass is 9.58. The Kier molecular flexibility index (Phi) is 3.41. The van der Waals surface area contributed by atoms with Gasteiger partial charge < -0.3 is 10.6 Å². The van der Waals surface area contributed by atoms with Gasteiger partial charge in [-0.1, -0.05) is 37.3 Å². The standard InChI is InChI=1S/C21H22N4O2/c1-2-21(13-6-4-3-5-7-13)14-12-23-25-18(14)24-15-10-20(8-9-22-19(20)27)11-16(26)17(15)21/h3-7,12,18,24H,2,8-11H2,1H3,(H,22,27)/t18?,20-,21+/m0/s1. The Bertz CT molecular complexity index is 933. The Balaban J connectivity index is 1.73. The predicted molar refractivity (Wildman–Crippen MR) is 99.6 cm³/mol. The minimum Gasteiger partial charge on any atom is -0.362 e. The lowest BCUT2D eigenvalue weighted by Gasteiger charge is -2.47. The summed E-state index contributed by atoms with van der Waals surface area (Å²) in [5.41, 5.74) is 2.63. The van der Waals surface area contributed by atoms with E-state index >= 15 is 0 Å². The van der Waals surface area contributed by atoms with E-state index in [-0.39, 0.29) is 24.3 Å². The van der Waals surface area contributed by atoms with E-state index in [0.29, 0.717) is 19.4 Å². The maximum Gasteiger partial charge on any atom is 0.227 e. The van der Waals surface area contributed by atoms with Crippen molar-refractivity contribution in [3.8, 4) is 0 Å². The van der Waals surface area contributed by atoms with Crippen molar-refractivity contribution in [1.29, 1.82) is 0 Å². The molecule has 4 aliphatic rings. The van der Waals surface area contributed by atoms with Crippen LogP contribution in [-0.2, 0) is 15.0 Å². The SMILES string of the molecule is CC[C@@]1(c2ccccc2)C2=CN=NC2NC2=C1C(=O)C[C@]1(CCNC1=O)C2. The third-order valence-electron chi connectivity index (χ3n) is 6.67. The molecule has 1 fully saturated rings. The molecule has 1 unspecified atom stereocenters. The number of nitrogens with one attached hydrogen (secondary N) is 2. The molecule has 3 heterocycles. The molecule has 3 atom stereocenters. The third kappa shape index (κ3) is 2.07. The number of ketones is 1. The zero-order valence-corrected chi connectivity index (χ0v) is 15.3. The van der Waals surface area contributed by atoms with E-state index in [1.54, 1.807) is 6.20 Å². The number of Topliss-reactive ketones (excluding diaryl/α,β-unsaturated/α-hetero) is 1. The Morgan fingerprint density at radius 2 is 2.00 bits per heavy atom. The second-order valence-corrected chi connectivity index (χ2v) is 7.90. The van der Waals surface area contributed by atoms with Crippen LogP contribution in [0, 0.1) is 5.41 Å². The predicted octanol–water partition coefficient (Wildman–Crippen LogP) is 2.74. The van der Waals surface area contributed by atoms with Gasteiger partial charge in [0.2, 0.25) is 5.91 Å². The first kappa shape index (κ1) is 16.4. The van der Waals surface area contributed by atoms with Gasteiger partial charge in [-0.3, -0.25) is 9.59 Å². The molecule has 0 saturated carbocycles. The molecular weight excluding hydrogens is 340 g/mol. The summed E-state index contributed by atoms with van der Waals surface area (Å²) in [4.78, 5) is 26.0. The lowest BCUT2D eigenvalue weighted by Crippen LogP contribution is -2.53. The van der Waals surface area contributed by atoms with Gasteiger partial charge in [0.1, 0.15) is 0 Å². The van der Waals surface area contributed by atoms with Crippen molar-refractivity contribution < 1.29 is 9.59 Å². The van der Waals surface area contributed by atoms with Crippen molar-refractivity contribution in [1.82, 2.24) is 10.6 Å². The molecule has 138 valence electrons. The first-order chi connectivity index (χ1) is 13.1. The average Bonchev–Trinajstić information content (AvgIpc) is 3.28. The summed E-state index contributed by atoms with van der Waals surface area (Å²) in [7, 11) is 0. The van der Waals surface area contributed by atoms with Gasteiger partial charge >= 0.3 is 0 Å². The number of amides is 1. The average molecular weight is 362 g/mol. The van der Waals surface area contributed by atoms with Crippen LogP contribution in [0.4, 0.5) is 0 Å². The molecule has 6 nitrogen and oxygen atoms in total. The second kappa shape index (κ2) is 5.62. The largest absolute Gasteiger partial charge is 0.362 e. The molecule has 0 bridgehead atoms. The highest BCUT2D eigenvalue weighted by Crippen LogP contribution is 2.54. The van der Waals surface area contributed by atoms with Crippen LogP contribution in [0.15, 0.2) is 63.6 Å². The highest BCUT2D eigenvalue weighted by molar-refractivity contribution is 6.05. The van der Waals surface area contributed by atoms with Crippen LogP contribution in [-0.4, -0.2) is 24.4 Å². The summed E-state index contributed by atoms with van der Waals surface area (Å²) in [5, 5.41) is 14.9. The highest BCUT2D eigenvalue weighted by Gasteiger charge is 2.56. The van der Waals surface area contributed by atoms with Gasteiger partial charge in [0.05, 0.1) is 17.0 Å². The van der Waals surface area contributed by atoms with Crippen molar-refractivity contribution in [2.75, 3.05) is 6.54 Å². The third-order valence-corrected chi connectivity index (χ3v) is 6.67. The minimum absolute atomic E-state index is 0.000367. The molecule has 5 rings (SSSR count). The van der Waals surface area contributed by atoms with Crippen molar-refractivity contribution in [2.45, 2.75) is 44.2 Å². The van der Waals surface area contributed by atoms with Gasteiger partial charge in [0, 0.05) is 36.2 Å². The molecule has 1 amide bonds. The van der Waals surface area contributed by atoms with Crippen molar-refractivity contribution in [3.05, 3.63) is 58.9 Å². The van der Waals surface area contributed by atoms with E-state index in [4.69, 9.17) is 0 Å². The Labute approximate surface area is 157 Å². The van der Waals surface area contributed by atoms with E-state index in [1.807, 2.05) is 18.2 Å². The molecule has 1 aromatic rings. The maximum atomic E-state index is 13.5. The normalized spacial score (nSPS) is 34.3. The molecule has 1 spiro atoms. The highest BCUT2D eigenvalue weighted by atomic mass is 16.2. The number of hydrogen-bond donors (Lipinski definition) is 2. The number of nitrogens with zero attached hydrogens (tertiary/aromatic N) is 2. The monoisotopic (exact) mass is 362 g/mol. The van der Waals surface area contributed by atoms with Crippen LogP contribution in [0.5, 0.6) is 0 Å². The first-order valence-corrected chi connectivity index (χ1v) is 9.58. The number of rotatable bonds is 2. The number of benzene rings is 1. The smallest absolute Gasteiger partial charge is 0.227 e. The van der Waals surface area contributed by atoms with Crippen LogP contribution < -0.4 is 10.6 Å². The van der Waals surface area contributed by atoms with Crippen LogP contribution in [0.3, 0.4) is 0 Å². The topological polar surface area (TPSA) is 82.9 Å². The molecule has 6 heteroatoms. The molecular formula is C21H22N4O2. The second-order valence-electron chi connectivity index (χ2n) is 7.90. The van der Waals surface area contributed by atoms with E-state index in [9.17, 15) is 9.59 Å². The van der Waals surface area contributed by atoms with Crippen LogP contribution in [0.2, 0.25) is 0 Å². The van der Waals surface area contributed by atoms with Gasteiger partial charge in [0.25, 0.3) is 0 Å². The van der Waals surface area contributed by atoms with E-state index < -0.39 is 10.8 Å². The summed E-state index contributed by atoms with van der Waals surface area (Å²) in [6, 6.07) is 10.2. The lowest BCUT2D eigenvalue weighted by molar-refractivity contribution is -0.133. The molecule has 0 radical (unpaired) electrons. The van der Waals surface area contributed by atoms with Crippen molar-refractivity contribution in [2.24, 2.45) is 15.6 Å². The van der Waals surface area contributed by atoms with E-state index in [2.05, 4.69) is 39.9 Å². The Hall–Kier alpha value is -2.76. The molecule has 1 saturated heterocycles. The Morgan fingerprint density at radius 1 is 1.19 bits per heavy atom. The van der Waals surface area contributed by atoms with Crippen molar-refractivity contribution >= 4 is 11.7 Å². The number of hydrogen-bond acceptors (Lipinski definition) is 5. The van der Waals surface area contributed by atoms with E-state index in [0.717, 1.165) is 28.8 Å². The summed E-state index contributed by atoms with van der Waals surface area (Å²) in [5.74, 6) is 0.0677. The fourth-order valence-electron chi connectivity index (χ4n) is 5.40. The minimum atomic E-state index is -0.615. The van der Waals surface area contributed by atoms with Gasteiger partial charge in [-0.05, 0) is 18.4 Å². The first-order valence-electron chi connectivity index (χ1n) is 9.58. The molecule has 1 aliphatic carbocycles. The van der Waals surface area contributed by atoms with Gasteiger partial charge in [-0.15, -0.1) is 0 Å².